The van der Waals surface area contributed by atoms with E-state index in [1.54, 1.807) is 23.7 Å². The van der Waals surface area contributed by atoms with Gasteiger partial charge in [-0.15, -0.1) is 11.3 Å². The molecule has 0 spiro atoms. The molecule has 0 aliphatic rings. The summed E-state index contributed by atoms with van der Waals surface area (Å²) in [7, 11) is 0. The topological polar surface area (TPSA) is 71.1 Å². The van der Waals surface area contributed by atoms with Crippen LogP contribution in [0.4, 0.5) is 0 Å². The minimum Gasteiger partial charge on any atom is -0.355 e. The van der Waals surface area contributed by atoms with Gasteiger partial charge in [0.2, 0.25) is 5.91 Å². The molecule has 94 valence electrons. The number of fused-ring (bicyclic) bond motifs is 1. The number of benzene rings is 1. The summed E-state index contributed by atoms with van der Waals surface area (Å²) < 4.78 is 0.959. The first-order chi connectivity index (χ1) is 8.70. The molecule has 2 rings (SSSR count). The van der Waals surface area contributed by atoms with Crippen molar-refractivity contribution in [1.82, 2.24) is 15.6 Å². The van der Waals surface area contributed by atoms with E-state index in [9.17, 15) is 9.59 Å². The molecule has 2 amide bonds. The van der Waals surface area contributed by atoms with Crippen LogP contribution < -0.4 is 10.6 Å². The molecule has 0 radical (unpaired) electrons. The molecule has 1 heterocycles. The van der Waals surface area contributed by atoms with E-state index in [1.165, 1.54) is 11.3 Å². The van der Waals surface area contributed by atoms with Crippen molar-refractivity contribution in [3.63, 3.8) is 0 Å². The van der Waals surface area contributed by atoms with Gasteiger partial charge >= 0.3 is 0 Å². The van der Waals surface area contributed by atoms with Crippen LogP contribution in [0.1, 0.15) is 17.3 Å². The quantitative estimate of drug-likeness (QED) is 0.869. The predicted molar refractivity (Wildman–Crippen MR) is 70.6 cm³/mol. The van der Waals surface area contributed by atoms with E-state index in [-0.39, 0.29) is 18.4 Å². The number of thiazole rings is 1. The smallest absolute Gasteiger partial charge is 0.251 e. The Morgan fingerprint density at radius 3 is 2.94 bits per heavy atom. The molecule has 0 aliphatic carbocycles. The summed E-state index contributed by atoms with van der Waals surface area (Å²) in [5.41, 5.74) is 3.15. The Balaban J connectivity index is 2.02. The second-order valence-electron chi connectivity index (χ2n) is 3.67. The third kappa shape index (κ3) is 2.84. The van der Waals surface area contributed by atoms with Gasteiger partial charge in [-0.05, 0) is 25.1 Å². The van der Waals surface area contributed by atoms with Crippen LogP contribution in [-0.4, -0.2) is 29.9 Å². The first-order valence-corrected chi connectivity index (χ1v) is 6.47. The molecule has 2 N–H and O–H groups in total. The van der Waals surface area contributed by atoms with E-state index in [0.717, 1.165) is 10.2 Å². The summed E-state index contributed by atoms with van der Waals surface area (Å²) in [6, 6.07) is 5.28. The average Bonchev–Trinajstić information content (AvgIpc) is 2.83. The molecule has 0 saturated carbocycles. The number of likely N-dealkylation sites (N-methyl/N-ethyl adjacent to an activating group) is 1. The zero-order valence-corrected chi connectivity index (χ0v) is 10.7. The molecule has 6 heteroatoms. The monoisotopic (exact) mass is 263 g/mol. The van der Waals surface area contributed by atoms with Crippen LogP contribution in [0.2, 0.25) is 0 Å². The molecular formula is C12H13N3O2S. The lowest BCUT2D eigenvalue weighted by molar-refractivity contribution is -0.120. The van der Waals surface area contributed by atoms with Crippen molar-refractivity contribution in [1.29, 1.82) is 0 Å². The summed E-state index contributed by atoms with van der Waals surface area (Å²) in [4.78, 5) is 27.2. The van der Waals surface area contributed by atoms with Gasteiger partial charge in [0, 0.05) is 12.1 Å². The van der Waals surface area contributed by atoms with Gasteiger partial charge in [-0.25, -0.2) is 4.98 Å². The predicted octanol–water partition coefficient (Wildman–Crippen LogP) is 1.16. The zero-order chi connectivity index (χ0) is 13.0. The number of nitrogens with one attached hydrogen (secondary N) is 2. The molecule has 0 atom stereocenters. The summed E-state index contributed by atoms with van der Waals surface area (Å²) in [6.45, 7) is 2.38. The Kier molecular flexibility index (Phi) is 3.88. The van der Waals surface area contributed by atoms with Crippen LogP contribution >= 0.6 is 11.3 Å². The molecule has 2 aromatic rings. The SMILES string of the molecule is CCNC(=O)CNC(=O)c1ccc2ncsc2c1. The summed E-state index contributed by atoms with van der Waals surface area (Å²) >= 11 is 1.48. The summed E-state index contributed by atoms with van der Waals surface area (Å²) in [5.74, 6) is -0.443. The van der Waals surface area contributed by atoms with E-state index in [1.807, 2.05) is 6.92 Å². The number of carbonyl (C=O) groups excluding carboxylic acids is 2. The molecular weight excluding hydrogens is 250 g/mol. The van der Waals surface area contributed by atoms with Crippen molar-refractivity contribution in [3.8, 4) is 0 Å². The molecule has 0 unspecified atom stereocenters. The Labute approximate surface area is 108 Å². The summed E-state index contributed by atoms with van der Waals surface area (Å²) in [5, 5.41) is 5.19. The molecule has 0 aliphatic heterocycles. The van der Waals surface area contributed by atoms with Crippen molar-refractivity contribution >= 4 is 33.4 Å². The third-order valence-corrected chi connectivity index (χ3v) is 3.17. The highest BCUT2D eigenvalue weighted by Gasteiger charge is 2.08. The van der Waals surface area contributed by atoms with E-state index < -0.39 is 0 Å². The highest BCUT2D eigenvalue weighted by Crippen LogP contribution is 2.18. The number of hydrogen-bond donors (Lipinski definition) is 2. The average molecular weight is 263 g/mol. The van der Waals surface area contributed by atoms with Crippen LogP contribution in [0.3, 0.4) is 0 Å². The van der Waals surface area contributed by atoms with Gasteiger partial charge in [0.25, 0.3) is 5.91 Å². The fourth-order valence-corrected chi connectivity index (χ4v) is 2.23. The van der Waals surface area contributed by atoms with Crippen LogP contribution in [0.5, 0.6) is 0 Å². The lowest BCUT2D eigenvalue weighted by Gasteiger charge is -2.05. The molecule has 5 nitrogen and oxygen atoms in total. The van der Waals surface area contributed by atoms with Crippen molar-refractivity contribution in [3.05, 3.63) is 29.3 Å². The Hall–Kier alpha value is -1.95. The fraction of sp³-hybridized carbons (Fsp3) is 0.250. The van der Waals surface area contributed by atoms with E-state index in [4.69, 9.17) is 0 Å². The molecule has 0 bridgehead atoms. The van der Waals surface area contributed by atoms with Crippen LogP contribution in [-0.2, 0) is 4.79 Å². The molecule has 1 aromatic carbocycles. The van der Waals surface area contributed by atoms with Gasteiger partial charge in [-0.1, -0.05) is 0 Å². The molecule has 0 fully saturated rings. The van der Waals surface area contributed by atoms with E-state index in [0.29, 0.717) is 12.1 Å². The van der Waals surface area contributed by atoms with Crippen molar-refractivity contribution in [2.75, 3.05) is 13.1 Å². The standard InChI is InChI=1S/C12H13N3O2S/c1-2-13-11(16)6-14-12(17)8-3-4-9-10(5-8)18-7-15-9/h3-5,7H,2,6H2,1H3,(H,13,16)(H,14,17). The minimum atomic E-state index is -0.253. The first kappa shape index (κ1) is 12.5. The Morgan fingerprint density at radius 1 is 1.33 bits per heavy atom. The van der Waals surface area contributed by atoms with Crippen LogP contribution in [0.15, 0.2) is 23.7 Å². The van der Waals surface area contributed by atoms with Gasteiger partial charge in [-0.3, -0.25) is 9.59 Å². The fourth-order valence-electron chi connectivity index (χ4n) is 1.52. The normalized spacial score (nSPS) is 10.3. The number of amides is 2. The van der Waals surface area contributed by atoms with Gasteiger partial charge in [0.05, 0.1) is 22.3 Å². The van der Waals surface area contributed by atoms with E-state index >= 15 is 0 Å². The van der Waals surface area contributed by atoms with Gasteiger partial charge in [-0.2, -0.15) is 0 Å². The minimum absolute atomic E-state index is 0.00655. The van der Waals surface area contributed by atoms with Gasteiger partial charge < -0.3 is 10.6 Å². The maximum absolute atomic E-state index is 11.8. The number of nitrogens with zero attached hydrogens (tertiary/aromatic N) is 1. The highest BCUT2D eigenvalue weighted by molar-refractivity contribution is 7.16. The van der Waals surface area contributed by atoms with Crippen LogP contribution in [0.25, 0.3) is 10.2 Å². The maximum atomic E-state index is 11.8. The first-order valence-electron chi connectivity index (χ1n) is 5.59. The largest absolute Gasteiger partial charge is 0.355 e. The maximum Gasteiger partial charge on any atom is 0.251 e. The third-order valence-electron chi connectivity index (χ3n) is 2.38. The highest BCUT2D eigenvalue weighted by atomic mass is 32.1. The summed E-state index contributed by atoms with van der Waals surface area (Å²) in [6.07, 6.45) is 0. The second kappa shape index (κ2) is 5.59. The van der Waals surface area contributed by atoms with Gasteiger partial charge in [0.15, 0.2) is 0 Å². The van der Waals surface area contributed by atoms with E-state index in [2.05, 4.69) is 15.6 Å². The van der Waals surface area contributed by atoms with Crippen molar-refractivity contribution < 1.29 is 9.59 Å². The number of hydrogen-bond acceptors (Lipinski definition) is 4. The number of aromatic nitrogens is 1. The molecule has 18 heavy (non-hydrogen) atoms. The lowest BCUT2D eigenvalue weighted by Crippen LogP contribution is -2.36. The molecule has 1 aromatic heterocycles. The van der Waals surface area contributed by atoms with Crippen molar-refractivity contribution in [2.45, 2.75) is 6.92 Å². The Morgan fingerprint density at radius 2 is 2.17 bits per heavy atom. The van der Waals surface area contributed by atoms with Gasteiger partial charge in [0.1, 0.15) is 0 Å². The number of carbonyl (C=O) groups is 2. The zero-order valence-electron chi connectivity index (χ0n) is 9.90. The van der Waals surface area contributed by atoms with Crippen LogP contribution in [0, 0.1) is 0 Å². The van der Waals surface area contributed by atoms with Crippen molar-refractivity contribution in [2.24, 2.45) is 0 Å². The molecule has 0 saturated heterocycles. The second-order valence-corrected chi connectivity index (χ2v) is 4.56. The lowest BCUT2D eigenvalue weighted by atomic mass is 10.2. The Bertz CT molecular complexity index is 579. The number of rotatable bonds is 4.